The Bertz CT molecular complexity index is 601. The first-order valence-electron chi connectivity index (χ1n) is 6.34. The van der Waals surface area contributed by atoms with Gasteiger partial charge >= 0.3 is 0 Å². The summed E-state index contributed by atoms with van der Waals surface area (Å²) in [4.78, 5) is 2.04. The lowest BCUT2D eigenvalue weighted by Gasteiger charge is -2.35. The van der Waals surface area contributed by atoms with Crippen LogP contribution in [0.25, 0.3) is 0 Å². The van der Waals surface area contributed by atoms with Crippen LogP contribution in [0, 0.1) is 17.1 Å². The van der Waals surface area contributed by atoms with Crippen molar-refractivity contribution in [1.82, 2.24) is 9.21 Å². The summed E-state index contributed by atoms with van der Waals surface area (Å²) in [6.45, 7) is 3.52. The molecular weight excluding hydrogens is 281 g/mol. The summed E-state index contributed by atoms with van der Waals surface area (Å²) >= 11 is 0. The highest BCUT2D eigenvalue weighted by molar-refractivity contribution is 7.89. The van der Waals surface area contributed by atoms with Crippen molar-refractivity contribution in [2.45, 2.75) is 17.9 Å². The molecule has 1 aromatic carbocycles. The van der Waals surface area contributed by atoms with Gasteiger partial charge in [-0.05, 0) is 31.2 Å². The maximum absolute atomic E-state index is 12.9. The van der Waals surface area contributed by atoms with Gasteiger partial charge in [0, 0.05) is 26.2 Å². The number of sulfonamides is 1. The normalized spacial score (nSPS) is 19.4. The zero-order valence-corrected chi connectivity index (χ0v) is 12.0. The Kier molecular flexibility index (Phi) is 4.38. The Balaban J connectivity index is 2.10. The minimum Gasteiger partial charge on any atom is -0.286 e. The van der Waals surface area contributed by atoms with E-state index in [1.807, 2.05) is 4.90 Å². The van der Waals surface area contributed by atoms with Gasteiger partial charge in [-0.3, -0.25) is 4.90 Å². The Morgan fingerprint density at radius 1 is 1.20 bits per heavy atom. The van der Waals surface area contributed by atoms with Crippen LogP contribution in [0.3, 0.4) is 0 Å². The van der Waals surface area contributed by atoms with Crippen molar-refractivity contribution in [2.24, 2.45) is 0 Å². The number of piperazine rings is 1. The molecule has 1 heterocycles. The third-order valence-electron chi connectivity index (χ3n) is 3.46. The predicted molar refractivity (Wildman–Crippen MR) is 71.8 cm³/mol. The molecule has 1 aliphatic heterocycles. The Morgan fingerprint density at radius 2 is 1.75 bits per heavy atom. The van der Waals surface area contributed by atoms with E-state index in [1.54, 1.807) is 6.92 Å². The quantitative estimate of drug-likeness (QED) is 0.836. The molecule has 0 spiro atoms. The zero-order chi connectivity index (χ0) is 14.8. The van der Waals surface area contributed by atoms with E-state index >= 15 is 0 Å². The summed E-state index contributed by atoms with van der Waals surface area (Å²) in [6.07, 6.45) is 0. The second-order valence-electron chi connectivity index (χ2n) is 4.70. The first-order chi connectivity index (χ1) is 9.45. The predicted octanol–water partition coefficient (Wildman–Crippen LogP) is 1.04. The fraction of sp³-hybridized carbons (Fsp3) is 0.462. The number of nitrogens with zero attached hydrogens (tertiary/aromatic N) is 3. The maximum Gasteiger partial charge on any atom is 0.243 e. The summed E-state index contributed by atoms with van der Waals surface area (Å²) in [5.74, 6) is -0.461. The molecule has 108 valence electrons. The van der Waals surface area contributed by atoms with Crippen LogP contribution < -0.4 is 0 Å². The zero-order valence-electron chi connectivity index (χ0n) is 11.2. The highest BCUT2D eigenvalue weighted by Crippen LogP contribution is 2.18. The molecule has 1 unspecified atom stereocenters. The second kappa shape index (κ2) is 5.87. The van der Waals surface area contributed by atoms with Crippen molar-refractivity contribution in [3.05, 3.63) is 30.1 Å². The van der Waals surface area contributed by atoms with Crippen molar-refractivity contribution in [3.8, 4) is 6.07 Å². The third-order valence-corrected chi connectivity index (χ3v) is 5.37. The van der Waals surface area contributed by atoms with E-state index in [4.69, 9.17) is 5.26 Å². The van der Waals surface area contributed by atoms with Gasteiger partial charge in [0.1, 0.15) is 5.82 Å². The highest BCUT2D eigenvalue weighted by Gasteiger charge is 2.29. The van der Waals surface area contributed by atoms with Crippen LogP contribution in [0.2, 0.25) is 0 Å². The molecule has 0 N–H and O–H groups in total. The maximum atomic E-state index is 12.9. The Hall–Kier alpha value is -1.49. The highest BCUT2D eigenvalue weighted by atomic mass is 32.2. The lowest BCUT2D eigenvalue weighted by atomic mass is 10.2. The molecule has 1 saturated heterocycles. The van der Waals surface area contributed by atoms with Gasteiger partial charge in [0.25, 0.3) is 0 Å². The van der Waals surface area contributed by atoms with Gasteiger partial charge in [-0.1, -0.05) is 0 Å². The number of benzene rings is 1. The first-order valence-corrected chi connectivity index (χ1v) is 7.78. The van der Waals surface area contributed by atoms with Crippen LogP contribution in [-0.4, -0.2) is 49.8 Å². The molecule has 0 radical (unpaired) electrons. The van der Waals surface area contributed by atoms with E-state index in [-0.39, 0.29) is 10.9 Å². The molecule has 0 aliphatic carbocycles. The van der Waals surface area contributed by atoms with Crippen molar-refractivity contribution in [3.63, 3.8) is 0 Å². The average molecular weight is 297 g/mol. The van der Waals surface area contributed by atoms with Crippen molar-refractivity contribution >= 4 is 10.0 Å². The largest absolute Gasteiger partial charge is 0.286 e. The van der Waals surface area contributed by atoms with Crippen LogP contribution in [0.1, 0.15) is 6.92 Å². The van der Waals surface area contributed by atoms with E-state index in [2.05, 4.69) is 6.07 Å². The molecule has 1 aliphatic rings. The van der Waals surface area contributed by atoms with E-state index in [0.717, 1.165) is 12.1 Å². The molecule has 0 amide bonds. The standard InChI is InChI=1S/C13H16FN3O2S/c1-11(10-15)16-6-8-17(9-7-16)20(18,19)13-4-2-12(14)3-5-13/h2-5,11H,6-9H2,1H3. The average Bonchev–Trinajstić information content (AvgIpc) is 2.47. The molecule has 0 aromatic heterocycles. The molecule has 7 heteroatoms. The molecule has 1 aromatic rings. The van der Waals surface area contributed by atoms with Crippen molar-refractivity contribution < 1.29 is 12.8 Å². The van der Waals surface area contributed by atoms with Crippen LogP contribution in [0.5, 0.6) is 0 Å². The minimum absolute atomic E-state index is 0.0979. The SMILES string of the molecule is CC(C#N)N1CCN(S(=O)(=O)c2ccc(F)cc2)CC1. The lowest BCUT2D eigenvalue weighted by molar-refractivity contribution is 0.169. The summed E-state index contributed by atoms with van der Waals surface area (Å²) in [5.41, 5.74) is 0. The number of hydrogen-bond acceptors (Lipinski definition) is 4. The van der Waals surface area contributed by atoms with Gasteiger partial charge < -0.3 is 0 Å². The van der Waals surface area contributed by atoms with E-state index in [1.165, 1.54) is 16.4 Å². The summed E-state index contributed by atoms with van der Waals surface area (Å²) in [6, 6.07) is 6.75. The Labute approximate surface area is 118 Å². The molecule has 5 nitrogen and oxygen atoms in total. The van der Waals surface area contributed by atoms with Gasteiger partial charge in [-0.25, -0.2) is 12.8 Å². The molecule has 1 fully saturated rings. The monoisotopic (exact) mass is 297 g/mol. The molecule has 20 heavy (non-hydrogen) atoms. The lowest BCUT2D eigenvalue weighted by Crippen LogP contribution is -2.50. The summed E-state index contributed by atoms with van der Waals surface area (Å²) < 4.78 is 39.0. The fourth-order valence-electron chi connectivity index (χ4n) is 2.17. The topological polar surface area (TPSA) is 64.4 Å². The van der Waals surface area contributed by atoms with E-state index in [9.17, 15) is 12.8 Å². The number of hydrogen-bond donors (Lipinski definition) is 0. The van der Waals surface area contributed by atoms with Gasteiger partial charge in [-0.15, -0.1) is 0 Å². The minimum atomic E-state index is -3.58. The second-order valence-corrected chi connectivity index (χ2v) is 6.64. The molecule has 1 atom stereocenters. The molecule has 0 bridgehead atoms. The summed E-state index contributed by atoms with van der Waals surface area (Å²) in [5, 5.41) is 8.86. The van der Waals surface area contributed by atoms with Crippen LogP contribution in [-0.2, 0) is 10.0 Å². The van der Waals surface area contributed by atoms with E-state index in [0.29, 0.717) is 26.2 Å². The van der Waals surface area contributed by atoms with Gasteiger partial charge in [0.2, 0.25) is 10.0 Å². The fourth-order valence-corrected chi connectivity index (χ4v) is 3.59. The number of nitriles is 1. The van der Waals surface area contributed by atoms with Gasteiger partial charge in [0.15, 0.2) is 0 Å². The van der Waals surface area contributed by atoms with Crippen molar-refractivity contribution in [1.29, 1.82) is 5.26 Å². The van der Waals surface area contributed by atoms with Crippen LogP contribution in [0.15, 0.2) is 29.2 Å². The first kappa shape index (κ1) is 14.9. The Morgan fingerprint density at radius 3 is 2.25 bits per heavy atom. The van der Waals surface area contributed by atoms with Crippen LogP contribution in [0.4, 0.5) is 4.39 Å². The number of halogens is 1. The summed E-state index contributed by atoms with van der Waals surface area (Å²) in [7, 11) is -3.58. The van der Waals surface area contributed by atoms with Crippen LogP contribution >= 0.6 is 0 Å². The van der Waals surface area contributed by atoms with Gasteiger partial charge in [0.05, 0.1) is 17.0 Å². The van der Waals surface area contributed by atoms with E-state index < -0.39 is 15.8 Å². The molecular formula is C13H16FN3O2S. The van der Waals surface area contributed by atoms with Crippen molar-refractivity contribution in [2.75, 3.05) is 26.2 Å². The third kappa shape index (κ3) is 2.98. The smallest absolute Gasteiger partial charge is 0.243 e. The molecule has 0 saturated carbocycles. The molecule has 2 rings (SSSR count). The number of rotatable bonds is 3. The van der Waals surface area contributed by atoms with Gasteiger partial charge in [-0.2, -0.15) is 9.57 Å².